The van der Waals surface area contributed by atoms with Gasteiger partial charge < -0.3 is 4.57 Å². The molecule has 0 amide bonds. The Kier molecular flexibility index (Phi) is 24.6. The van der Waals surface area contributed by atoms with Crippen molar-refractivity contribution in [2.75, 3.05) is 0 Å². The molecule has 9 aromatic carbocycles. The van der Waals surface area contributed by atoms with E-state index < -0.39 is 0 Å². The number of imidazole rings is 1. The Labute approximate surface area is 650 Å². The molecule has 6 aromatic heterocycles. The Balaban J connectivity index is 0.000000144. The zero-order valence-electron chi connectivity index (χ0n) is 55.2. The Morgan fingerprint density at radius 2 is 0.720 bits per heavy atom. The van der Waals surface area contributed by atoms with Crippen molar-refractivity contribution < 1.29 is 101 Å². The van der Waals surface area contributed by atoms with Crippen LogP contribution in [-0.2, 0) is 125 Å². The Morgan fingerprint density at radius 3 is 1.13 bits per heavy atom. The van der Waals surface area contributed by atoms with Crippen LogP contribution in [0.4, 0.5) is 0 Å². The average molecular weight is 2200 g/mol. The molecule has 0 atom stereocenters. The zero-order chi connectivity index (χ0) is 65.1. The molecule has 0 N–H and O–H groups in total. The normalized spacial score (nSPS) is 12.6. The fraction of sp³-hybridized carbons (Fsp3) is 0.125. The van der Waals surface area contributed by atoms with Gasteiger partial charge in [0.1, 0.15) is 0 Å². The molecule has 0 bridgehead atoms. The van der Waals surface area contributed by atoms with E-state index in [1.807, 2.05) is 109 Å². The zero-order valence-corrected chi connectivity index (χ0v) is 67.0. The molecule has 15 nitrogen and oxygen atoms in total. The summed E-state index contributed by atoms with van der Waals surface area (Å²) in [6, 6.07) is 82.9. The molecule has 0 fully saturated rings. The minimum absolute atomic E-state index is 0. The van der Waals surface area contributed by atoms with Gasteiger partial charge in [-0.2, -0.15) is 60.7 Å². The van der Waals surface area contributed by atoms with Crippen LogP contribution in [0, 0.1) is 30.3 Å². The van der Waals surface area contributed by atoms with Gasteiger partial charge in [-0.1, -0.05) is 194 Å². The molecular weight excluding hydrogens is 2130 g/mol. The second kappa shape index (κ2) is 32.7. The third kappa shape index (κ3) is 15.4. The number of hydrogen-bond acceptors (Lipinski definition) is 10. The summed E-state index contributed by atoms with van der Waals surface area (Å²) in [4.78, 5) is 8.75. The quantitative estimate of drug-likeness (QED) is 0.141. The Hall–Kier alpha value is -8.81. The molecule has 100 heavy (non-hydrogen) atoms. The van der Waals surface area contributed by atoms with E-state index in [1.54, 1.807) is 62.1 Å². The molecular formula is C80H64Ir4N15Pt-5. The van der Waals surface area contributed by atoms with E-state index in [4.69, 9.17) is 0 Å². The summed E-state index contributed by atoms with van der Waals surface area (Å²) in [5.74, 6) is 0. The summed E-state index contributed by atoms with van der Waals surface area (Å²) in [5.41, 5.74) is 26.0. The van der Waals surface area contributed by atoms with Crippen LogP contribution in [-0.4, -0.2) is 74.5 Å². The van der Waals surface area contributed by atoms with Gasteiger partial charge in [0.25, 0.3) is 0 Å². The van der Waals surface area contributed by atoms with E-state index in [0.29, 0.717) is 0 Å². The van der Waals surface area contributed by atoms with Crippen molar-refractivity contribution in [2.45, 2.75) is 57.8 Å². The number of rotatable bonds is 7. The summed E-state index contributed by atoms with van der Waals surface area (Å²) in [7, 11) is 1.99. The van der Waals surface area contributed by atoms with Gasteiger partial charge in [0.05, 0.1) is 31.1 Å². The number of nitrogens with zero attached hydrogens (tertiary/aromatic N) is 15. The Morgan fingerprint density at radius 1 is 0.330 bits per heavy atom. The monoisotopic (exact) mass is 2200 g/mol. The van der Waals surface area contributed by atoms with Gasteiger partial charge in [0.15, 0.2) is 0 Å². The summed E-state index contributed by atoms with van der Waals surface area (Å²) < 4.78 is 8.84. The van der Waals surface area contributed by atoms with Crippen molar-refractivity contribution in [1.29, 1.82) is 0 Å². The smallest absolute Gasteiger partial charge is 0.0834 e. The summed E-state index contributed by atoms with van der Waals surface area (Å²) in [6.45, 7) is 13.6. The molecule has 510 valence electrons. The molecule has 0 spiro atoms. The fourth-order valence-corrected chi connectivity index (χ4v) is 12.9. The number of fused-ring (bicyclic) bond motifs is 9. The van der Waals surface area contributed by atoms with Crippen LogP contribution >= 0.6 is 0 Å². The topological polar surface area (TPSA) is 154 Å². The minimum atomic E-state index is 0. The average Bonchev–Trinajstić information content (AvgIpc) is 1.60. The van der Waals surface area contributed by atoms with Crippen LogP contribution in [0.15, 0.2) is 262 Å². The molecule has 0 aliphatic heterocycles. The van der Waals surface area contributed by atoms with E-state index in [1.165, 1.54) is 72.3 Å². The van der Waals surface area contributed by atoms with Crippen molar-refractivity contribution in [3.63, 3.8) is 0 Å². The van der Waals surface area contributed by atoms with E-state index in [9.17, 15) is 0 Å². The second-order valence-corrected chi connectivity index (χ2v) is 24.8. The maximum Gasteiger partial charge on any atom is 0.0834 e. The van der Waals surface area contributed by atoms with Crippen molar-refractivity contribution in [3.8, 4) is 89.8 Å². The molecule has 3 aliphatic rings. The van der Waals surface area contributed by atoms with Gasteiger partial charge in [-0.3, -0.25) is 9.97 Å². The predicted octanol–water partition coefficient (Wildman–Crippen LogP) is 15.8. The first-order chi connectivity index (χ1) is 46.3. The number of aromatic nitrogens is 15. The molecule has 6 heterocycles. The number of benzene rings is 9. The van der Waals surface area contributed by atoms with Crippen molar-refractivity contribution in [1.82, 2.24) is 74.5 Å². The largest absolute Gasteiger partial charge is 0.350 e. The van der Waals surface area contributed by atoms with Gasteiger partial charge >= 0.3 is 0 Å². The van der Waals surface area contributed by atoms with Crippen molar-refractivity contribution in [3.05, 3.63) is 326 Å². The van der Waals surface area contributed by atoms with Crippen molar-refractivity contribution >= 4 is 0 Å². The van der Waals surface area contributed by atoms with Crippen molar-refractivity contribution in [2.24, 2.45) is 7.05 Å². The molecule has 15 aromatic rings. The first-order valence-corrected chi connectivity index (χ1v) is 31.2. The maximum absolute atomic E-state index is 4.44. The van der Waals surface area contributed by atoms with E-state index in [0.717, 1.165) is 50.8 Å². The van der Waals surface area contributed by atoms with E-state index in [-0.39, 0.29) is 118 Å². The minimum Gasteiger partial charge on any atom is -0.350 e. The van der Waals surface area contributed by atoms with Gasteiger partial charge in [0.2, 0.25) is 0 Å². The van der Waals surface area contributed by atoms with Crippen LogP contribution in [0.5, 0.6) is 0 Å². The molecule has 20 heteroatoms. The van der Waals surface area contributed by atoms with Gasteiger partial charge in [-0.05, 0) is 79.6 Å². The molecule has 0 unspecified atom stereocenters. The van der Waals surface area contributed by atoms with Gasteiger partial charge in [-0.15, -0.1) is 107 Å². The fourth-order valence-electron chi connectivity index (χ4n) is 12.9. The SMILES string of the molecule is CC1(C)c2ccccc2-c2c[c-]c(-n3ccnn3)cc21.CC1(C)c2ccccc2-c2c[c-]c(-n3ccnn3)cc21.Cn1cnc(-c2[c-]cc3c(c2)C(C)(C)c2ccccc2-3)c1.[Ir].[Ir].[Ir].[Ir].[Pt].[c-]1ccc(-c2ccccc2)cc1-n1ccnn1.[c-]1ccc(-c2ccccn2)cc1-n1ccnn1. The third-order valence-corrected chi connectivity index (χ3v) is 17.8. The van der Waals surface area contributed by atoms with E-state index >= 15 is 0 Å². The predicted molar refractivity (Wildman–Crippen MR) is 370 cm³/mol. The Bertz CT molecular complexity index is 4890. The first kappa shape index (κ1) is 75.4. The molecule has 0 saturated heterocycles. The van der Waals surface area contributed by atoms with Crippen LogP contribution in [0.1, 0.15) is 74.9 Å². The summed E-state index contributed by atoms with van der Waals surface area (Å²) in [5, 5.41) is 31.3. The summed E-state index contributed by atoms with van der Waals surface area (Å²) >= 11 is 0. The first-order valence-electron chi connectivity index (χ1n) is 31.2. The standard InChI is InChI=1S/C19H17N2.2C17H14N3.C14H10N3.C13H9N4.4Ir.Pt/c1-19(2)16-7-5-4-6-14(16)15-9-8-13(10-17(15)19)18-11-21(3)12-20-18;2*1-17(2)15-6-4-3-5-13(15)14-8-7-12(11-16(14)17)20-10-9-18-19-20;1-2-5-12(6-3-1)13-7-4-8-14(11-13)17-10-9-15-16-17;1-2-7-14-13(6-1)11-4-3-5-12(10-11)17-9-8-15-16-17;;;;;/h4-7,9-12H,1-3H3;2*3-6,8-11H,1-2H3;1-7,9-11H;1-4,6-10H;;;;;/q5*-1;;;;;. The van der Waals surface area contributed by atoms with Gasteiger partial charge in [-0.25, -0.2) is 18.7 Å². The van der Waals surface area contributed by atoms with Gasteiger partial charge in [0, 0.05) is 151 Å². The molecule has 0 saturated carbocycles. The van der Waals surface area contributed by atoms with Crippen LogP contribution in [0.25, 0.3) is 89.8 Å². The molecule has 3 aliphatic carbocycles. The maximum atomic E-state index is 4.44. The number of hydrogen-bond donors (Lipinski definition) is 0. The number of pyridine rings is 1. The molecule has 4 radical (unpaired) electrons. The van der Waals surface area contributed by atoms with Crippen LogP contribution in [0.3, 0.4) is 0 Å². The third-order valence-electron chi connectivity index (χ3n) is 17.8. The van der Waals surface area contributed by atoms with Crippen LogP contribution in [0.2, 0.25) is 0 Å². The van der Waals surface area contributed by atoms with Crippen LogP contribution < -0.4 is 0 Å². The second-order valence-electron chi connectivity index (χ2n) is 24.8. The van der Waals surface area contributed by atoms with E-state index in [2.05, 4.69) is 244 Å². The summed E-state index contributed by atoms with van der Waals surface area (Å²) in [6.07, 6.45) is 19.6. The molecule has 18 rings (SSSR count). The number of aryl methyl sites for hydroxylation is 1.